The molecule has 1 saturated heterocycles. The van der Waals surface area contributed by atoms with Crippen molar-refractivity contribution in [1.29, 1.82) is 0 Å². The molecule has 0 spiro atoms. The standard InChI is InChI=1S/C14H20N4O/c1-10-8-12-13(16-9-10)18(14(15)17-12)6-5-11-4-2-3-7-19-11/h8-9,11H,2-7H2,1H3,(H2,15,17). The van der Waals surface area contributed by atoms with Crippen molar-refractivity contribution >= 4 is 17.1 Å². The first-order valence-corrected chi connectivity index (χ1v) is 6.94. The zero-order valence-electron chi connectivity index (χ0n) is 11.3. The molecule has 0 aromatic carbocycles. The molecule has 0 radical (unpaired) electrons. The van der Waals surface area contributed by atoms with Gasteiger partial charge in [-0.1, -0.05) is 0 Å². The van der Waals surface area contributed by atoms with Crippen LogP contribution in [0.25, 0.3) is 11.2 Å². The Bertz CT molecular complexity index is 572. The highest BCUT2D eigenvalue weighted by molar-refractivity contribution is 5.74. The minimum absolute atomic E-state index is 0.357. The van der Waals surface area contributed by atoms with E-state index in [1.807, 2.05) is 23.8 Å². The third-order valence-corrected chi connectivity index (χ3v) is 3.70. The van der Waals surface area contributed by atoms with Crippen molar-refractivity contribution in [2.24, 2.45) is 0 Å². The number of anilines is 1. The third-order valence-electron chi connectivity index (χ3n) is 3.70. The number of imidazole rings is 1. The van der Waals surface area contributed by atoms with Crippen LogP contribution >= 0.6 is 0 Å². The van der Waals surface area contributed by atoms with Gasteiger partial charge in [-0.15, -0.1) is 0 Å². The van der Waals surface area contributed by atoms with Gasteiger partial charge < -0.3 is 10.5 Å². The van der Waals surface area contributed by atoms with Gasteiger partial charge in [0.05, 0.1) is 6.10 Å². The maximum absolute atomic E-state index is 5.99. The molecule has 1 fully saturated rings. The van der Waals surface area contributed by atoms with Gasteiger partial charge in [0, 0.05) is 19.3 Å². The van der Waals surface area contributed by atoms with Crippen molar-refractivity contribution < 1.29 is 4.74 Å². The molecule has 2 aromatic heterocycles. The van der Waals surface area contributed by atoms with Gasteiger partial charge in [-0.3, -0.25) is 4.57 Å². The number of nitrogen functional groups attached to an aromatic ring is 1. The molecule has 5 heteroatoms. The van der Waals surface area contributed by atoms with Crippen molar-refractivity contribution in [2.75, 3.05) is 12.3 Å². The van der Waals surface area contributed by atoms with E-state index in [1.54, 1.807) is 0 Å². The molecule has 5 nitrogen and oxygen atoms in total. The molecule has 102 valence electrons. The lowest BCUT2D eigenvalue weighted by molar-refractivity contribution is 0.00904. The van der Waals surface area contributed by atoms with Gasteiger partial charge in [0.15, 0.2) is 5.65 Å². The lowest BCUT2D eigenvalue weighted by Crippen LogP contribution is -2.21. The number of aromatic nitrogens is 3. The number of nitrogens with two attached hydrogens (primary N) is 1. The van der Waals surface area contributed by atoms with Crippen LogP contribution < -0.4 is 5.73 Å². The number of pyridine rings is 1. The third kappa shape index (κ3) is 2.56. The van der Waals surface area contributed by atoms with E-state index >= 15 is 0 Å². The Labute approximate surface area is 112 Å². The number of hydrogen-bond donors (Lipinski definition) is 1. The van der Waals surface area contributed by atoms with Crippen LogP contribution in [0.3, 0.4) is 0 Å². The quantitative estimate of drug-likeness (QED) is 0.919. The highest BCUT2D eigenvalue weighted by Gasteiger charge is 2.16. The summed E-state index contributed by atoms with van der Waals surface area (Å²) >= 11 is 0. The Hall–Kier alpha value is -1.62. The Morgan fingerprint density at radius 1 is 1.47 bits per heavy atom. The van der Waals surface area contributed by atoms with Crippen LogP contribution in [0, 0.1) is 6.92 Å². The maximum atomic E-state index is 5.99. The van der Waals surface area contributed by atoms with Crippen LogP contribution in [0.1, 0.15) is 31.2 Å². The number of nitrogens with zero attached hydrogens (tertiary/aromatic N) is 3. The van der Waals surface area contributed by atoms with Crippen molar-refractivity contribution in [1.82, 2.24) is 14.5 Å². The Morgan fingerprint density at radius 2 is 2.37 bits per heavy atom. The molecule has 0 bridgehead atoms. The Balaban J connectivity index is 1.78. The van der Waals surface area contributed by atoms with Crippen molar-refractivity contribution in [2.45, 2.75) is 45.3 Å². The second kappa shape index (κ2) is 5.17. The van der Waals surface area contributed by atoms with Gasteiger partial charge in [0.25, 0.3) is 0 Å². The number of rotatable bonds is 3. The first kappa shape index (κ1) is 12.4. The molecule has 0 aliphatic carbocycles. The van der Waals surface area contributed by atoms with E-state index in [4.69, 9.17) is 10.5 Å². The van der Waals surface area contributed by atoms with Crippen LogP contribution in [0.2, 0.25) is 0 Å². The summed E-state index contributed by atoms with van der Waals surface area (Å²) in [5, 5.41) is 0. The highest BCUT2D eigenvalue weighted by Crippen LogP contribution is 2.20. The summed E-state index contributed by atoms with van der Waals surface area (Å²) in [5.74, 6) is 0.545. The summed E-state index contributed by atoms with van der Waals surface area (Å²) < 4.78 is 7.75. The van der Waals surface area contributed by atoms with Crippen LogP contribution in [-0.4, -0.2) is 27.2 Å². The molecule has 19 heavy (non-hydrogen) atoms. The van der Waals surface area contributed by atoms with E-state index < -0.39 is 0 Å². The number of ether oxygens (including phenoxy) is 1. The van der Waals surface area contributed by atoms with E-state index in [2.05, 4.69) is 9.97 Å². The maximum Gasteiger partial charge on any atom is 0.202 e. The zero-order chi connectivity index (χ0) is 13.2. The summed E-state index contributed by atoms with van der Waals surface area (Å²) in [4.78, 5) is 8.82. The molecular formula is C14H20N4O. The van der Waals surface area contributed by atoms with Crippen LogP contribution in [-0.2, 0) is 11.3 Å². The van der Waals surface area contributed by atoms with E-state index in [-0.39, 0.29) is 0 Å². The summed E-state index contributed by atoms with van der Waals surface area (Å²) in [5.41, 5.74) is 8.85. The van der Waals surface area contributed by atoms with Crippen molar-refractivity contribution in [3.05, 3.63) is 17.8 Å². The Morgan fingerprint density at radius 3 is 3.16 bits per heavy atom. The van der Waals surface area contributed by atoms with E-state index in [0.717, 1.165) is 42.7 Å². The normalized spacial score (nSPS) is 19.9. The molecule has 0 amide bonds. The molecule has 1 atom stereocenters. The topological polar surface area (TPSA) is 66.0 Å². The largest absolute Gasteiger partial charge is 0.378 e. The second-order valence-electron chi connectivity index (χ2n) is 5.25. The van der Waals surface area contributed by atoms with Gasteiger partial charge in [-0.2, -0.15) is 0 Å². The zero-order valence-corrected chi connectivity index (χ0v) is 11.3. The van der Waals surface area contributed by atoms with Crippen LogP contribution in [0.5, 0.6) is 0 Å². The Kier molecular flexibility index (Phi) is 3.38. The first-order chi connectivity index (χ1) is 9.24. The smallest absolute Gasteiger partial charge is 0.202 e. The summed E-state index contributed by atoms with van der Waals surface area (Å²) in [6.07, 6.45) is 6.80. The number of hydrogen-bond acceptors (Lipinski definition) is 4. The summed E-state index contributed by atoms with van der Waals surface area (Å²) in [7, 11) is 0. The lowest BCUT2D eigenvalue weighted by atomic mass is 10.1. The first-order valence-electron chi connectivity index (χ1n) is 6.94. The molecule has 0 saturated carbocycles. The van der Waals surface area contributed by atoms with E-state index in [0.29, 0.717) is 12.1 Å². The van der Waals surface area contributed by atoms with Crippen molar-refractivity contribution in [3.63, 3.8) is 0 Å². The SMILES string of the molecule is Cc1cnc2c(c1)nc(N)n2CCC1CCCCO1. The predicted molar refractivity (Wildman–Crippen MR) is 74.9 cm³/mol. The fourth-order valence-corrected chi connectivity index (χ4v) is 2.66. The molecule has 3 heterocycles. The second-order valence-corrected chi connectivity index (χ2v) is 5.25. The van der Waals surface area contributed by atoms with E-state index in [9.17, 15) is 0 Å². The van der Waals surface area contributed by atoms with Gasteiger partial charge in [0.1, 0.15) is 5.52 Å². The van der Waals surface area contributed by atoms with Gasteiger partial charge in [-0.25, -0.2) is 9.97 Å². The van der Waals surface area contributed by atoms with Gasteiger partial charge in [-0.05, 0) is 44.2 Å². The van der Waals surface area contributed by atoms with Gasteiger partial charge in [0.2, 0.25) is 5.95 Å². The predicted octanol–water partition coefficient (Wildman–Crippen LogP) is 2.28. The molecule has 2 aromatic rings. The number of aryl methyl sites for hydroxylation is 2. The lowest BCUT2D eigenvalue weighted by Gasteiger charge is -2.22. The molecule has 2 N–H and O–H groups in total. The van der Waals surface area contributed by atoms with Gasteiger partial charge >= 0.3 is 0 Å². The summed E-state index contributed by atoms with van der Waals surface area (Å²) in [6, 6.07) is 2.02. The van der Waals surface area contributed by atoms with Crippen LogP contribution in [0.4, 0.5) is 5.95 Å². The molecule has 1 aliphatic heterocycles. The fourth-order valence-electron chi connectivity index (χ4n) is 2.66. The van der Waals surface area contributed by atoms with Crippen molar-refractivity contribution in [3.8, 4) is 0 Å². The highest BCUT2D eigenvalue weighted by atomic mass is 16.5. The minimum Gasteiger partial charge on any atom is -0.378 e. The molecule has 1 unspecified atom stereocenters. The fraction of sp³-hybridized carbons (Fsp3) is 0.571. The minimum atomic E-state index is 0.357. The van der Waals surface area contributed by atoms with Crippen LogP contribution in [0.15, 0.2) is 12.3 Å². The molecule has 3 rings (SSSR count). The molecular weight excluding hydrogens is 240 g/mol. The summed E-state index contributed by atoms with van der Waals surface area (Å²) in [6.45, 7) is 3.73. The van der Waals surface area contributed by atoms with E-state index in [1.165, 1.54) is 12.8 Å². The molecule has 1 aliphatic rings. The average Bonchev–Trinajstić information content (AvgIpc) is 2.72. The average molecular weight is 260 g/mol. The number of fused-ring (bicyclic) bond motifs is 1. The monoisotopic (exact) mass is 260 g/mol.